The summed E-state index contributed by atoms with van der Waals surface area (Å²) in [6.07, 6.45) is 2.81. The molecule has 0 saturated heterocycles. The van der Waals surface area contributed by atoms with Crippen LogP contribution in [0.2, 0.25) is 10.0 Å². The summed E-state index contributed by atoms with van der Waals surface area (Å²) in [4.78, 5) is 65.5. The standard InChI is InChI=1S/C40H32Cl2N2O8S/c1-39(2)23-15-19(41)5-7-25(23)43(13-11-31(45)46)29(39)17-21-35(49)33(36(21)50)27-9-10-28(53-27)34-37(51)22(38(34)52)18-30-40(3,4)24-16-20(42)6-8-26(24)44(30)14-12-32(47)48/h5-10,15-18H,11-14H2,1-4H3,(H2-,45,46,47,48,49,50)/p+1/b22-18?,29-17+,34-28?. The highest BCUT2D eigenvalue weighted by molar-refractivity contribution is 7.08. The third-order valence-corrected chi connectivity index (χ3v) is 12.0. The van der Waals surface area contributed by atoms with E-state index >= 15 is 0 Å². The number of aliphatic carboxylic acids is 2. The number of carbonyl (C=O) groups is 3. The zero-order chi connectivity index (χ0) is 38.3. The molecule has 53 heavy (non-hydrogen) atoms. The first-order chi connectivity index (χ1) is 24.9. The monoisotopic (exact) mass is 771 g/mol. The highest BCUT2D eigenvalue weighted by Gasteiger charge is 2.45. The van der Waals surface area contributed by atoms with Gasteiger partial charge in [0.25, 0.3) is 0 Å². The second-order valence-electron chi connectivity index (χ2n) is 14.3. The van der Waals surface area contributed by atoms with E-state index in [4.69, 9.17) is 23.2 Å². The largest absolute Gasteiger partial charge is 0.506 e. The number of carboxylic acid groups (broad SMARTS) is 2. The van der Waals surface area contributed by atoms with E-state index in [9.17, 15) is 39.3 Å². The summed E-state index contributed by atoms with van der Waals surface area (Å²) >= 11 is 13.6. The van der Waals surface area contributed by atoms with Gasteiger partial charge in [-0.2, -0.15) is 4.58 Å². The van der Waals surface area contributed by atoms with Crippen molar-refractivity contribution >= 4 is 81.0 Å². The molecule has 270 valence electrons. The maximum Gasteiger partial charge on any atom is 0.309 e. The molecule has 7 rings (SSSR count). The number of fused-ring (bicyclic) bond motifs is 2. The number of rotatable bonds is 8. The Morgan fingerprint density at radius 1 is 0.830 bits per heavy atom. The predicted octanol–water partition coefficient (Wildman–Crippen LogP) is 4.97. The van der Waals surface area contributed by atoms with E-state index in [2.05, 4.69) is 0 Å². The van der Waals surface area contributed by atoms with Crippen molar-refractivity contribution in [3.8, 4) is 0 Å². The van der Waals surface area contributed by atoms with Crippen molar-refractivity contribution < 1.29 is 34.3 Å². The van der Waals surface area contributed by atoms with E-state index < -0.39 is 39.4 Å². The van der Waals surface area contributed by atoms with Crippen LogP contribution in [0.1, 0.15) is 51.7 Å². The highest BCUT2D eigenvalue weighted by Crippen LogP contribution is 2.50. The second kappa shape index (κ2) is 12.8. The van der Waals surface area contributed by atoms with Crippen LogP contribution >= 0.6 is 34.5 Å². The van der Waals surface area contributed by atoms with Crippen LogP contribution in [0.5, 0.6) is 0 Å². The maximum absolute atomic E-state index is 13.6. The van der Waals surface area contributed by atoms with Crippen molar-refractivity contribution in [3.05, 3.63) is 133 Å². The number of allylic oxidation sites excluding steroid dienone is 4. The van der Waals surface area contributed by atoms with Crippen LogP contribution in [0.25, 0.3) is 11.6 Å². The van der Waals surface area contributed by atoms with Crippen LogP contribution in [-0.4, -0.2) is 56.4 Å². The summed E-state index contributed by atoms with van der Waals surface area (Å²) < 4.78 is 2.54. The number of carboxylic acids is 2. The molecular formula is C40H33Cl2N2O8S+. The van der Waals surface area contributed by atoms with Crippen LogP contribution in [0.4, 0.5) is 11.4 Å². The first-order valence-corrected chi connectivity index (χ1v) is 18.3. The number of Topliss-reactive ketones (excluding diaryl/α,β-unsaturated/α-hetero) is 1. The Hall–Kier alpha value is -5.10. The Kier molecular flexibility index (Phi) is 8.75. The molecule has 3 N–H and O–H groups in total. The van der Waals surface area contributed by atoms with Gasteiger partial charge in [0.1, 0.15) is 12.2 Å². The Bertz CT molecular complexity index is 2710. The smallest absolute Gasteiger partial charge is 0.309 e. The molecule has 1 aromatic heterocycles. The topological polar surface area (TPSA) is 152 Å². The van der Waals surface area contributed by atoms with Gasteiger partial charge in [-0.3, -0.25) is 24.0 Å². The molecule has 13 heteroatoms. The Morgan fingerprint density at radius 3 is 2.09 bits per heavy atom. The van der Waals surface area contributed by atoms with Crippen LogP contribution in [0.15, 0.2) is 81.2 Å². The summed E-state index contributed by atoms with van der Waals surface area (Å²) in [5.74, 6) is -2.63. The average Bonchev–Trinajstić information content (AvgIpc) is 3.69. The number of carbonyl (C=O) groups excluding carboxylic acids is 1. The third kappa shape index (κ3) is 5.78. The predicted molar refractivity (Wildman–Crippen MR) is 204 cm³/mol. The molecule has 2 aliphatic heterocycles. The van der Waals surface area contributed by atoms with Crippen molar-refractivity contribution in [2.24, 2.45) is 0 Å². The van der Waals surface area contributed by atoms with Gasteiger partial charge in [-0.1, -0.05) is 37.0 Å². The number of benzene rings is 2. The molecule has 0 saturated carbocycles. The first-order valence-electron chi connectivity index (χ1n) is 16.8. The number of thiophene rings is 1. The molecule has 0 spiro atoms. The average molecular weight is 773 g/mol. The minimum absolute atomic E-state index is 0.0297. The molecule has 0 atom stereocenters. The molecule has 10 nitrogen and oxygen atoms in total. The number of hydrogen-bond donors (Lipinski definition) is 3. The van der Waals surface area contributed by atoms with E-state index in [0.717, 1.165) is 33.8 Å². The lowest BCUT2D eigenvalue weighted by Gasteiger charge is -2.29. The van der Waals surface area contributed by atoms with Gasteiger partial charge in [-0.25, -0.2) is 0 Å². The summed E-state index contributed by atoms with van der Waals surface area (Å²) in [6, 6.07) is 13.8. The first kappa shape index (κ1) is 36.3. The van der Waals surface area contributed by atoms with Crippen molar-refractivity contribution in [1.82, 2.24) is 0 Å². The molecular weight excluding hydrogens is 739 g/mol. The zero-order valence-corrected chi connectivity index (χ0v) is 31.4. The molecule has 0 bridgehead atoms. The lowest BCUT2D eigenvalue weighted by molar-refractivity contribution is -0.436. The van der Waals surface area contributed by atoms with Crippen LogP contribution in [0.3, 0.4) is 0 Å². The number of hydrogen-bond acceptors (Lipinski definition) is 8. The van der Waals surface area contributed by atoms with Gasteiger partial charge in [0.15, 0.2) is 12.3 Å². The molecule has 0 radical (unpaired) electrons. The van der Waals surface area contributed by atoms with Crippen molar-refractivity contribution in [2.75, 3.05) is 18.0 Å². The molecule has 3 heterocycles. The molecule has 3 aliphatic rings. The van der Waals surface area contributed by atoms with E-state index in [1.807, 2.05) is 44.7 Å². The molecule has 3 aromatic carbocycles. The third-order valence-electron chi connectivity index (χ3n) is 10.4. The number of halogens is 2. The van der Waals surface area contributed by atoms with Crippen LogP contribution < -0.4 is 25.5 Å². The van der Waals surface area contributed by atoms with Gasteiger partial charge in [0.05, 0.1) is 33.4 Å². The van der Waals surface area contributed by atoms with Crippen LogP contribution in [0, 0.1) is 9.75 Å². The SMILES string of the molecule is CC1(C)C(C=c2c(=O)c(=c3cc/c(=C4/C(=O)C(/C=C5/N(CCC(=O)O)c6ccc(Cl)cc6C5(C)C)=C4O)s3)c2=O)=[N+](CCC(=O)O)c2ccc(Cl)cc21. The van der Waals surface area contributed by atoms with Crippen molar-refractivity contribution in [2.45, 2.75) is 51.4 Å². The quantitative estimate of drug-likeness (QED) is 0.211. The number of ketones is 1. The Balaban J connectivity index is 1.30. The zero-order valence-electron chi connectivity index (χ0n) is 29.0. The summed E-state index contributed by atoms with van der Waals surface area (Å²) in [7, 11) is 0. The molecule has 1 aliphatic carbocycles. The normalized spacial score (nSPS) is 18.9. The van der Waals surface area contributed by atoms with E-state index in [1.54, 1.807) is 47.0 Å². The van der Waals surface area contributed by atoms with Crippen LogP contribution in [-0.2, 0) is 25.2 Å². The Morgan fingerprint density at radius 2 is 1.45 bits per heavy atom. The fourth-order valence-corrected chi connectivity index (χ4v) is 8.98. The van der Waals surface area contributed by atoms with Gasteiger partial charge in [0, 0.05) is 60.2 Å². The van der Waals surface area contributed by atoms with E-state index in [-0.39, 0.29) is 53.3 Å². The van der Waals surface area contributed by atoms with Gasteiger partial charge in [-0.15, -0.1) is 11.3 Å². The molecule has 0 fully saturated rings. The molecule has 0 unspecified atom stereocenters. The molecule has 4 aromatic rings. The fourth-order valence-electron chi connectivity index (χ4n) is 7.54. The number of anilines is 1. The van der Waals surface area contributed by atoms with Gasteiger partial charge in [-0.05, 0) is 68.0 Å². The van der Waals surface area contributed by atoms with Gasteiger partial charge in [0.2, 0.25) is 22.3 Å². The van der Waals surface area contributed by atoms with E-state index in [0.29, 0.717) is 30.5 Å². The van der Waals surface area contributed by atoms with Gasteiger partial charge >= 0.3 is 11.9 Å². The highest BCUT2D eigenvalue weighted by atomic mass is 35.5. The summed E-state index contributed by atoms with van der Waals surface area (Å²) in [5.41, 5.74) is 2.28. The minimum atomic E-state index is -0.986. The van der Waals surface area contributed by atoms with Crippen molar-refractivity contribution in [3.63, 3.8) is 0 Å². The second-order valence-corrected chi connectivity index (χ2v) is 16.3. The van der Waals surface area contributed by atoms with Gasteiger partial charge < -0.3 is 20.2 Å². The molecule has 0 amide bonds. The summed E-state index contributed by atoms with van der Waals surface area (Å²) in [5, 5.41) is 31.0. The number of aliphatic hydroxyl groups excluding tert-OH is 1. The Labute approximate surface area is 316 Å². The maximum atomic E-state index is 13.6. The van der Waals surface area contributed by atoms with Crippen molar-refractivity contribution in [1.29, 1.82) is 0 Å². The number of nitrogens with zero attached hydrogens (tertiary/aromatic N) is 2. The summed E-state index contributed by atoms with van der Waals surface area (Å²) in [6.45, 7) is 7.99. The fraction of sp³-hybridized carbons (Fsp3) is 0.250. The minimum Gasteiger partial charge on any atom is -0.506 e. The lowest BCUT2D eigenvalue weighted by Crippen LogP contribution is -2.51. The lowest BCUT2D eigenvalue weighted by atomic mass is 9.80. The van der Waals surface area contributed by atoms with E-state index in [1.165, 1.54) is 6.08 Å². The number of aliphatic hydroxyl groups is 1.